The number of benzene rings is 2. The van der Waals surface area contributed by atoms with E-state index in [0.29, 0.717) is 23.7 Å². The molecular formula is C20H21ClN2O2S. The second-order valence-corrected chi connectivity index (χ2v) is 7.88. The van der Waals surface area contributed by atoms with Crippen LogP contribution in [-0.4, -0.2) is 23.6 Å². The van der Waals surface area contributed by atoms with Crippen LogP contribution in [0.15, 0.2) is 53.4 Å². The van der Waals surface area contributed by atoms with Crippen molar-refractivity contribution >= 4 is 40.9 Å². The maximum absolute atomic E-state index is 12.0. The van der Waals surface area contributed by atoms with E-state index in [1.54, 1.807) is 36.0 Å². The topological polar surface area (TPSA) is 58.2 Å². The molecule has 3 rings (SSSR count). The molecule has 6 heteroatoms. The first-order valence-electron chi connectivity index (χ1n) is 8.69. The van der Waals surface area contributed by atoms with Crippen molar-refractivity contribution in [1.82, 2.24) is 5.32 Å². The zero-order chi connectivity index (χ0) is 18.4. The third-order valence-electron chi connectivity index (χ3n) is 3.97. The highest BCUT2D eigenvalue weighted by Gasteiger charge is 2.23. The summed E-state index contributed by atoms with van der Waals surface area (Å²) in [6.45, 7) is 0. The molecule has 0 unspecified atom stereocenters. The molecule has 0 bridgehead atoms. The molecule has 2 amide bonds. The molecule has 1 aliphatic rings. The Hall–Kier alpha value is -1.98. The molecule has 0 radical (unpaired) electrons. The van der Waals surface area contributed by atoms with Crippen LogP contribution in [0.5, 0.6) is 0 Å². The molecule has 1 aliphatic carbocycles. The van der Waals surface area contributed by atoms with E-state index in [0.717, 1.165) is 34.9 Å². The van der Waals surface area contributed by atoms with Gasteiger partial charge in [0.1, 0.15) is 0 Å². The Kier molecular flexibility index (Phi) is 6.58. The standard InChI is InChI=1S/C20H21ClN2O2S/c21-15-5-11-18(12-6-15)26-13-1-2-19(24)22-16-7-3-14(4-8-16)20(25)23-17-9-10-17/h3-8,11-12,17H,1-2,9-10,13H2,(H,22,24)(H,23,25). The second kappa shape index (κ2) is 9.10. The summed E-state index contributed by atoms with van der Waals surface area (Å²) >= 11 is 7.57. The van der Waals surface area contributed by atoms with Gasteiger partial charge in [-0.2, -0.15) is 0 Å². The van der Waals surface area contributed by atoms with Gasteiger partial charge in [0.15, 0.2) is 0 Å². The third-order valence-corrected chi connectivity index (χ3v) is 5.32. The van der Waals surface area contributed by atoms with E-state index in [4.69, 9.17) is 11.6 Å². The molecule has 2 aromatic rings. The first kappa shape index (κ1) is 18.8. The molecule has 1 fully saturated rings. The second-order valence-electron chi connectivity index (χ2n) is 6.28. The van der Waals surface area contributed by atoms with Gasteiger partial charge in [-0.15, -0.1) is 11.8 Å². The van der Waals surface area contributed by atoms with Gasteiger partial charge in [-0.3, -0.25) is 9.59 Å². The van der Waals surface area contributed by atoms with Crippen LogP contribution in [0.25, 0.3) is 0 Å². The lowest BCUT2D eigenvalue weighted by Crippen LogP contribution is -2.25. The molecule has 4 nitrogen and oxygen atoms in total. The van der Waals surface area contributed by atoms with Gasteiger partial charge in [0.05, 0.1) is 0 Å². The Morgan fingerprint density at radius 2 is 1.73 bits per heavy atom. The summed E-state index contributed by atoms with van der Waals surface area (Å²) in [7, 11) is 0. The number of nitrogens with one attached hydrogen (secondary N) is 2. The first-order chi connectivity index (χ1) is 12.6. The number of carbonyl (C=O) groups is 2. The van der Waals surface area contributed by atoms with Gasteiger partial charge >= 0.3 is 0 Å². The fourth-order valence-corrected chi connectivity index (χ4v) is 3.36. The van der Waals surface area contributed by atoms with Crippen LogP contribution in [0.4, 0.5) is 5.69 Å². The molecule has 136 valence electrons. The minimum Gasteiger partial charge on any atom is -0.349 e. The molecular weight excluding hydrogens is 368 g/mol. The van der Waals surface area contributed by atoms with Gasteiger partial charge in [-0.1, -0.05) is 11.6 Å². The average molecular weight is 389 g/mol. The highest BCUT2D eigenvalue weighted by Crippen LogP contribution is 2.22. The smallest absolute Gasteiger partial charge is 0.251 e. The monoisotopic (exact) mass is 388 g/mol. The number of amides is 2. The highest BCUT2D eigenvalue weighted by molar-refractivity contribution is 7.99. The average Bonchev–Trinajstić information content (AvgIpc) is 3.45. The van der Waals surface area contributed by atoms with Crippen LogP contribution >= 0.6 is 23.4 Å². The summed E-state index contributed by atoms with van der Waals surface area (Å²) in [5.74, 6) is 0.802. The molecule has 0 spiro atoms. The Morgan fingerprint density at radius 3 is 2.38 bits per heavy atom. The van der Waals surface area contributed by atoms with Crippen molar-refractivity contribution in [3.63, 3.8) is 0 Å². The Bertz CT molecular complexity index is 758. The maximum atomic E-state index is 12.0. The fourth-order valence-electron chi connectivity index (χ4n) is 2.38. The van der Waals surface area contributed by atoms with E-state index < -0.39 is 0 Å². The predicted molar refractivity (Wildman–Crippen MR) is 107 cm³/mol. The minimum absolute atomic E-state index is 0.0168. The van der Waals surface area contributed by atoms with Crippen molar-refractivity contribution in [2.45, 2.75) is 36.6 Å². The molecule has 0 aromatic heterocycles. The molecule has 0 saturated heterocycles. The lowest BCUT2D eigenvalue weighted by molar-refractivity contribution is -0.116. The van der Waals surface area contributed by atoms with Gasteiger partial charge in [0.25, 0.3) is 5.91 Å². The molecule has 0 atom stereocenters. The van der Waals surface area contributed by atoms with Gasteiger partial charge in [-0.25, -0.2) is 0 Å². The van der Waals surface area contributed by atoms with E-state index in [9.17, 15) is 9.59 Å². The van der Waals surface area contributed by atoms with Crippen LogP contribution in [0.2, 0.25) is 5.02 Å². The third kappa shape index (κ3) is 6.07. The number of carbonyl (C=O) groups excluding carboxylic acids is 2. The zero-order valence-electron chi connectivity index (χ0n) is 14.3. The van der Waals surface area contributed by atoms with Crippen LogP contribution in [0, 0.1) is 0 Å². The summed E-state index contributed by atoms with van der Waals surface area (Å²) in [6, 6.07) is 15.0. The lowest BCUT2D eigenvalue weighted by Gasteiger charge is -2.07. The fraction of sp³-hybridized carbons (Fsp3) is 0.300. The van der Waals surface area contributed by atoms with Crippen molar-refractivity contribution in [3.05, 3.63) is 59.1 Å². The molecule has 0 aliphatic heterocycles. The molecule has 26 heavy (non-hydrogen) atoms. The summed E-state index contributed by atoms with van der Waals surface area (Å²) in [5, 5.41) is 6.54. The molecule has 2 N–H and O–H groups in total. The van der Waals surface area contributed by atoms with Crippen LogP contribution in [-0.2, 0) is 4.79 Å². The van der Waals surface area contributed by atoms with Gasteiger partial charge in [0, 0.05) is 33.6 Å². The van der Waals surface area contributed by atoms with Crippen LogP contribution < -0.4 is 10.6 Å². The van der Waals surface area contributed by atoms with Crippen molar-refractivity contribution < 1.29 is 9.59 Å². The summed E-state index contributed by atoms with van der Waals surface area (Å²) < 4.78 is 0. The maximum Gasteiger partial charge on any atom is 0.251 e. The van der Waals surface area contributed by atoms with Gasteiger partial charge < -0.3 is 10.6 Å². The van der Waals surface area contributed by atoms with E-state index in [1.165, 1.54) is 0 Å². The molecule has 0 heterocycles. The summed E-state index contributed by atoms with van der Waals surface area (Å²) in [5.41, 5.74) is 1.33. The Balaban J connectivity index is 1.37. The Morgan fingerprint density at radius 1 is 1.04 bits per heavy atom. The van der Waals surface area contributed by atoms with Crippen molar-refractivity contribution in [1.29, 1.82) is 0 Å². The van der Waals surface area contributed by atoms with Crippen LogP contribution in [0.1, 0.15) is 36.0 Å². The number of halogens is 1. The SMILES string of the molecule is O=C(CCCSc1ccc(Cl)cc1)Nc1ccc(C(=O)NC2CC2)cc1. The Labute approximate surface area is 162 Å². The molecule has 2 aromatic carbocycles. The highest BCUT2D eigenvalue weighted by atomic mass is 35.5. The van der Waals surface area contributed by atoms with Crippen molar-refractivity contribution in [3.8, 4) is 0 Å². The number of hydrogen-bond donors (Lipinski definition) is 2. The number of rotatable bonds is 8. The largest absolute Gasteiger partial charge is 0.349 e. The summed E-state index contributed by atoms with van der Waals surface area (Å²) in [4.78, 5) is 25.1. The van der Waals surface area contributed by atoms with E-state index in [1.807, 2.05) is 24.3 Å². The molecule has 1 saturated carbocycles. The van der Waals surface area contributed by atoms with E-state index in [2.05, 4.69) is 10.6 Å². The zero-order valence-corrected chi connectivity index (χ0v) is 15.9. The first-order valence-corrected chi connectivity index (χ1v) is 10.1. The normalized spacial score (nSPS) is 13.3. The minimum atomic E-state index is -0.0513. The number of anilines is 1. The lowest BCUT2D eigenvalue weighted by atomic mass is 10.2. The number of hydrogen-bond acceptors (Lipinski definition) is 3. The van der Waals surface area contributed by atoms with Crippen molar-refractivity contribution in [2.75, 3.05) is 11.1 Å². The van der Waals surface area contributed by atoms with Crippen molar-refractivity contribution in [2.24, 2.45) is 0 Å². The van der Waals surface area contributed by atoms with Gasteiger partial charge in [0.2, 0.25) is 5.91 Å². The predicted octanol–water partition coefficient (Wildman–Crippen LogP) is 4.74. The van der Waals surface area contributed by atoms with Crippen LogP contribution in [0.3, 0.4) is 0 Å². The van der Waals surface area contributed by atoms with E-state index >= 15 is 0 Å². The quantitative estimate of drug-likeness (QED) is 0.507. The number of thioether (sulfide) groups is 1. The van der Waals surface area contributed by atoms with E-state index in [-0.39, 0.29) is 11.8 Å². The summed E-state index contributed by atoms with van der Waals surface area (Å²) in [6.07, 6.45) is 3.39. The van der Waals surface area contributed by atoms with Gasteiger partial charge in [-0.05, 0) is 73.5 Å².